The average Bonchev–Trinajstić information content (AvgIpc) is 3.39. The van der Waals surface area contributed by atoms with Crippen molar-refractivity contribution in [3.63, 3.8) is 0 Å². The van der Waals surface area contributed by atoms with Gasteiger partial charge in [-0.25, -0.2) is 12.8 Å². The normalized spacial score (nSPS) is 14.7. The lowest BCUT2D eigenvalue weighted by Gasteiger charge is -2.37. The maximum Gasteiger partial charge on any atom is 0.416 e. The van der Waals surface area contributed by atoms with Crippen LogP contribution in [0.15, 0.2) is 70.3 Å². The molecule has 0 aliphatic carbocycles. The number of piperazine rings is 1. The molecule has 0 saturated carbocycles. The lowest BCUT2D eigenvalue weighted by Crippen LogP contribution is -2.52. The molecule has 1 amide bonds. The summed E-state index contributed by atoms with van der Waals surface area (Å²) in [4.78, 5) is 16.2. The molecule has 35 heavy (non-hydrogen) atoms. The molecule has 1 aliphatic heterocycles. The molecule has 0 atom stereocenters. The lowest BCUT2D eigenvalue weighted by molar-refractivity contribution is -0.137. The molecule has 2 heterocycles. The monoisotopic (exact) mass is 527 g/mol. The van der Waals surface area contributed by atoms with E-state index < -0.39 is 40.0 Å². The first-order valence-corrected chi connectivity index (χ1v) is 12.9. The quantitative estimate of drug-likeness (QED) is 0.445. The van der Waals surface area contributed by atoms with E-state index in [0.717, 1.165) is 33.8 Å². The van der Waals surface area contributed by atoms with E-state index in [-0.39, 0.29) is 36.1 Å². The van der Waals surface area contributed by atoms with E-state index in [1.807, 2.05) is 0 Å². The minimum Gasteiger partial charge on any atom is -0.368 e. The Bertz CT molecular complexity index is 1290. The molecule has 6 nitrogen and oxygen atoms in total. The van der Waals surface area contributed by atoms with E-state index >= 15 is 0 Å². The van der Waals surface area contributed by atoms with Crippen molar-refractivity contribution in [3.8, 4) is 0 Å². The van der Waals surface area contributed by atoms with Crippen LogP contribution in [-0.4, -0.2) is 51.9 Å². The molecule has 1 aromatic heterocycles. The van der Waals surface area contributed by atoms with Crippen LogP contribution in [0.4, 0.5) is 28.9 Å². The number of carbonyl (C=O) groups excluding carboxylic acids is 1. The molecule has 4 rings (SSSR count). The fraction of sp³-hybridized carbons (Fsp3) is 0.261. The Morgan fingerprint density at radius 1 is 0.971 bits per heavy atom. The SMILES string of the molecule is O=C(CN(c1ccccc1F)S(=O)(=O)c1cccs1)N1CCN(c2cccc(C(F)(F)F)c2)CC1. The summed E-state index contributed by atoms with van der Waals surface area (Å²) < 4.78 is 80.8. The summed E-state index contributed by atoms with van der Waals surface area (Å²) in [5.41, 5.74) is -0.607. The van der Waals surface area contributed by atoms with E-state index in [9.17, 15) is 30.8 Å². The molecule has 12 heteroatoms. The van der Waals surface area contributed by atoms with Gasteiger partial charge in [0.2, 0.25) is 5.91 Å². The fourth-order valence-corrected chi connectivity index (χ4v) is 6.31. The van der Waals surface area contributed by atoms with Crippen LogP contribution in [0, 0.1) is 5.82 Å². The Morgan fingerprint density at radius 2 is 1.69 bits per heavy atom. The predicted molar refractivity (Wildman–Crippen MR) is 125 cm³/mol. The van der Waals surface area contributed by atoms with Gasteiger partial charge in [-0.05, 0) is 41.8 Å². The molecule has 1 fully saturated rings. The Labute approximate surface area is 204 Å². The Hall–Kier alpha value is -3.12. The highest BCUT2D eigenvalue weighted by Gasteiger charge is 2.33. The second kappa shape index (κ2) is 9.86. The van der Waals surface area contributed by atoms with Gasteiger partial charge < -0.3 is 9.80 Å². The molecule has 1 aliphatic rings. The van der Waals surface area contributed by atoms with Crippen LogP contribution < -0.4 is 9.21 Å². The number of sulfonamides is 1. The van der Waals surface area contributed by atoms with Gasteiger partial charge in [0, 0.05) is 31.9 Å². The first kappa shape index (κ1) is 25.0. The number of thiophene rings is 1. The van der Waals surface area contributed by atoms with E-state index in [0.29, 0.717) is 5.69 Å². The number of benzene rings is 2. The Kier molecular flexibility index (Phi) is 7.04. The van der Waals surface area contributed by atoms with E-state index in [1.165, 1.54) is 35.2 Å². The summed E-state index contributed by atoms with van der Waals surface area (Å²) in [7, 11) is -4.19. The number of para-hydroxylation sites is 1. The van der Waals surface area contributed by atoms with E-state index in [1.54, 1.807) is 22.4 Å². The minimum absolute atomic E-state index is 0.0251. The van der Waals surface area contributed by atoms with Gasteiger partial charge in [-0.3, -0.25) is 9.10 Å². The highest BCUT2D eigenvalue weighted by Crippen LogP contribution is 2.32. The van der Waals surface area contributed by atoms with Crippen LogP contribution in [0.1, 0.15) is 5.56 Å². The predicted octanol–water partition coefficient (Wildman–Crippen LogP) is 4.45. The lowest BCUT2D eigenvalue weighted by atomic mass is 10.1. The van der Waals surface area contributed by atoms with Crippen LogP contribution in [0.2, 0.25) is 0 Å². The third kappa shape index (κ3) is 5.43. The molecule has 2 aromatic carbocycles. The maximum absolute atomic E-state index is 14.5. The van der Waals surface area contributed by atoms with Crippen molar-refractivity contribution in [2.45, 2.75) is 10.4 Å². The number of hydrogen-bond donors (Lipinski definition) is 0. The molecule has 0 spiro atoms. The van der Waals surface area contributed by atoms with Crippen LogP contribution in [-0.2, 0) is 21.0 Å². The standard InChI is InChI=1S/C23H21F4N3O3S2/c24-19-7-1-2-8-20(19)30(35(32,33)22-9-4-14-34-22)16-21(31)29-12-10-28(11-13-29)18-6-3-5-17(15-18)23(25,26)27/h1-9,14-15H,10-13,16H2. The first-order valence-electron chi connectivity index (χ1n) is 10.6. The Morgan fingerprint density at radius 3 is 2.31 bits per heavy atom. The summed E-state index contributed by atoms with van der Waals surface area (Å²) in [6, 6.07) is 13.2. The van der Waals surface area contributed by atoms with Crippen molar-refractivity contribution in [1.29, 1.82) is 0 Å². The van der Waals surface area contributed by atoms with Crippen molar-refractivity contribution in [2.75, 3.05) is 41.9 Å². The van der Waals surface area contributed by atoms with Crippen molar-refractivity contribution >= 4 is 38.6 Å². The number of rotatable bonds is 6. The minimum atomic E-state index is -4.46. The number of halogens is 4. The number of anilines is 2. The van der Waals surface area contributed by atoms with Gasteiger partial charge in [-0.15, -0.1) is 11.3 Å². The first-order chi connectivity index (χ1) is 16.6. The summed E-state index contributed by atoms with van der Waals surface area (Å²) in [6.07, 6.45) is -4.46. The molecule has 0 N–H and O–H groups in total. The summed E-state index contributed by atoms with van der Waals surface area (Å²) in [6.45, 7) is 0.290. The number of amides is 1. The van der Waals surface area contributed by atoms with Gasteiger partial charge in [0.1, 0.15) is 16.6 Å². The second-order valence-corrected chi connectivity index (χ2v) is 10.8. The summed E-state index contributed by atoms with van der Waals surface area (Å²) in [5, 5.41) is 1.57. The largest absolute Gasteiger partial charge is 0.416 e. The zero-order valence-corrected chi connectivity index (χ0v) is 19.9. The van der Waals surface area contributed by atoms with Crippen LogP contribution in [0.3, 0.4) is 0 Å². The van der Waals surface area contributed by atoms with Crippen molar-refractivity contribution in [1.82, 2.24) is 4.90 Å². The van der Waals surface area contributed by atoms with Crippen LogP contribution in [0.5, 0.6) is 0 Å². The second-order valence-electron chi connectivity index (χ2n) is 7.81. The summed E-state index contributed by atoms with van der Waals surface area (Å²) >= 11 is 0.958. The molecule has 0 unspecified atom stereocenters. The smallest absolute Gasteiger partial charge is 0.368 e. The van der Waals surface area contributed by atoms with Gasteiger partial charge >= 0.3 is 6.18 Å². The topological polar surface area (TPSA) is 60.9 Å². The number of hydrogen-bond acceptors (Lipinski definition) is 5. The molecule has 0 bridgehead atoms. The molecule has 0 radical (unpaired) electrons. The van der Waals surface area contributed by atoms with Crippen molar-refractivity contribution in [2.24, 2.45) is 0 Å². The fourth-order valence-electron chi connectivity index (χ4n) is 3.79. The van der Waals surface area contributed by atoms with Gasteiger partial charge in [-0.1, -0.05) is 24.3 Å². The number of nitrogens with zero attached hydrogens (tertiary/aromatic N) is 3. The Balaban J connectivity index is 1.50. The molecular weight excluding hydrogens is 506 g/mol. The van der Waals surface area contributed by atoms with Crippen LogP contribution in [0.25, 0.3) is 0 Å². The summed E-state index contributed by atoms with van der Waals surface area (Å²) in [5.74, 6) is -1.31. The van der Waals surface area contributed by atoms with Gasteiger partial charge in [0.25, 0.3) is 10.0 Å². The molecular formula is C23H21F4N3O3S2. The number of alkyl halides is 3. The van der Waals surface area contributed by atoms with Crippen LogP contribution >= 0.6 is 11.3 Å². The van der Waals surface area contributed by atoms with Crippen molar-refractivity contribution < 1.29 is 30.8 Å². The maximum atomic E-state index is 14.5. The highest BCUT2D eigenvalue weighted by atomic mass is 32.2. The average molecular weight is 528 g/mol. The highest BCUT2D eigenvalue weighted by molar-refractivity contribution is 7.94. The molecule has 186 valence electrons. The van der Waals surface area contributed by atoms with E-state index in [4.69, 9.17) is 0 Å². The number of carbonyl (C=O) groups is 1. The third-order valence-corrected chi connectivity index (χ3v) is 8.74. The zero-order valence-electron chi connectivity index (χ0n) is 18.3. The van der Waals surface area contributed by atoms with Gasteiger partial charge in [0.15, 0.2) is 0 Å². The van der Waals surface area contributed by atoms with Gasteiger partial charge in [-0.2, -0.15) is 13.2 Å². The molecule has 3 aromatic rings. The van der Waals surface area contributed by atoms with Crippen molar-refractivity contribution in [3.05, 3.63) is 77.4 Å². The van der Waals surface area contributed by atoms with Gasteiger partial charge in [0.05, 0.1) is 11.3 Å². The molecule has 1 saturated heterocycles. The van der Waals surface area contributed by atoms with E-state index in [2.05, 4.69) is 0 Å². The zero-order chi connectivity index (χ0) is 25.2. The third-order valence-electron chi connectivity index (χ3n) is 5.61.